The Kier molecular flexibility index (Phi) is 5.78. The number of nitrogens with one attached hydrogen (secondary N) is 1. The molecule has 106 valence electrons. The first-order chi connectivity index (χ1) is 9.02. The van der Waals surface area contributed by atoms with Crippen LogP contribution in [0, 0.1) is 0 Å². The smallest absolute Gasteiger partial charge is 0.253 e. The van der Waals surface area contributed by atoms with Gasteiger partial charge < -0.3 is 21.5 Å². The molecule has 0 aromatic carbocycles. The van der Waals surface area contributed by atoms with Crippen molar-refractivity contribution in [3.8, 4) is 0 Å². The van der Waals surface area contributed by atoms with Gasteiger partial charge in [0.1, 0.15) is 5.00 Å². The summed E-state index contributed by atoms with van der Waals surface area (Å²) in [5.41, 5.74) is 11.5. The molecule has 1 rings (SSSR count). The Morgan fingerprint density at radius 1 is 1.42 bits per heavy atom. The zero-order valence-electron chi connectivity index (χ0n) is 11.1. The summed E-state index contributed by atoms with van der Waals surface area (Å²) in [6.45, 7) is 2.98. The van der Waals surface area contributed by atoms with Gasteiger partial charge in [0.25, 0.3) is 5.91 Å². The van der Waals surface area contributed by atoms with Gasteiger partial charge in [0.05, 0.1) is 16.1 Å². The van der Waals surface area contributed by atoms with E-state index in [0.29, 0.717) is 29.5 Å². The number of carbonyl (C=O) groups excluding carboxylic acids is 2. The highest BCUT2D eigenvalue weighted by molar-refractivity contribution is 7.19. The lowest BCUT2D eigenvalue weighted by molar-refractivity contribution is 0.0991. The van der Waals surface area contributed by atoms with Crippen LogP contribution in [0.5, 0.6) is 0 Å². The Labute approximate surface area is 116 Å². The summed E-state index contributed by atoms with van der Waals surface area (Å²) in [7, 11) is 1.62. The Morgan fingerprint density at radius 2 is 2.11 bits per heavy atom. The molecule has 0 radical (unpaired) electrons. The highest BCUT2D eigenvalue weighted by Crippen LogP contribution is 2.36. The third-order valence-corrected chi connectivity index (χ3v) is 3.78. The molecular weight excluding hydrogens is 266 g/mol. The molecule has 0 spiro atoms. The van der Waals surface area contributed by atoms with Gasteiger partial charge in [0.15, 0.2) is 5.78 Å². The fourth-order valence-corrected chi connectivity index (χ4v) is 2.76. The lowest BCUT2D eigenvalue weighted by Gasteiger charge is -2.05. The van der Waals surface area contributed by atoms with Crippen molar-refractivity contribution >= 4 is 33.7 Å². The van der Waals surface area contributed by atoms with E-state index in [9.17, 15) is 9.59 Å². The first-order valence-electron chi connectivity index (χ1n) is 6.00. The Hall–Kier alpha value is -1.60. The van der Waals surface area contributed by atoms with Crippen molar-refractivity contribution < 1.29 is 14.3 Å². The van der Waals surface area contributed by atoms with Gasteiger partial charge in [-0.25, -0.2) is 0 Å². The number of hydrogen-bond acceptors (Lipinski definition) is 6. The summed E-state index contributed by atoms with van der Waals surface area (Å²) < 4.78 is 4.93. The number of thiophene rings is 1. The van der Waals surface area contributed by atoms with Gasteiger partial charge in [-0.2, -0.15) is 0 Å². The second kappa shape index (κ2) is 7.10. The molecule has 0 aliphatic heterocycles. The SMILES string of the molecule is CCC(=O)c1sc(NCCCOC)c(C(N)=O)c1N. The second-order valence-electron chi connectivity index (χ2n) is 3.96. The van der Waals surface area contributed by atoms with Gasteiger partial charge in [-0.15, -0.1) is 11.3 Å². The second-order valence-corrected chi connectivity index (χ2v) is 4.98. The van der Waals surface area contributed by atoms with E-state index in [0.717, 1.165) is 6.42 Å². The lowest BCUT2D eigenvalue weighted by atomic mass is 10.1. The minimum atomic E-state index is -0.627. The van der Waals surface area contributed by atoms with Crippen LogP contribution in [0.3, 0.4) is 0 Å². The van der Waals surface area contributed by atoms with Crippen molar-refractivity contribution in [2.24, 2.45) is 5.73 Å². The van der Waals surface area contributed by atoms with Crippen molar-refractivity contribution in [3.63, 3.8) is 0 Å². The van der Waals surface area contributed by atoms with Gasteiger partial charge in [-0.05, 0) is 6.42 Å². The molecule has 0 aliphatic rings. The molecule has 0 saturated carbocycles. The van der Waals surface area contributed by atoms with Crippen molar-refractivity contribution in [1.82, 2.24) is 0 Å². The average molecular weight is 285 g/mol. The summed E-state index contributed by atoms with van der Waals surface area (Å²) >= 11 is 1.18. The Balaban J connectivity index is 2.95. The molecule has 0 bridgehead atoms. The van der Waals surface area contributed by atoms with Crippen molar-refractivity contribution in [3.05, 3.63) is 10.4 Å². The highest BCUT2D eigenvalue weighted by Gasteiger charge is 2.23. The van der Waals surface area contributed by atoms with Gasteiger partial charge in [-0.1, -0.05) is 6.92 Å². The lowest BCUT2D eigenvalue weighted by Crippen LogP contribution is -2.15. The summed E-state index contributed by atoms with van der Waals surface area (Å²) in [6, 6.07) is 0. The van der Waals surface area contributed by atoms with Crippen LogP contribution in [-0.2, 0) is 4.74 Å². The van der Waals surface area contributed by atoms with E-state index in [1.54, 1.807) is 14.0 Å². The number of amides is 1. The molecule has 0 aliphatic carbocycles. The summed E-state index contributed by atoms with van der Waals surface area (Å²) in [5, 5.41) is 3.63. The zero-order chi connectivity index (χ0) is 14.4. The largest absolute Gasteiger partial charge is 0.397 e. The molecular formula is C12H19N3O3S. The van der Waals surface area contributed by atoms with E-state index in [2.05, 4.69) is 5.32 Å². The number of nitrogen functional groups attached to an aromatic ring is 1. The fraction of sp³-hybridized carbons (Fsp3) is 0.500. The number of primary amides is 1. The van der Waals surface area contributed by atoms with Crippen LogP contribution in [0.1, 0.15) is 39.8 Å². The van der Waals surface area contributed by atoms with E-state index in [4.69, 9.17) is 16.2 Å². The van der Waals surface area contributed by atoms with E-state index < -0.39 is 5.91 Å². The van der Waals surface area contributed by atoms with E-state index in [-0.39, 0.29) is 17.0 Å². The number of carbonyl (C=O) groups is 2. The zero-order valence-corrected chi connectivity index (χ0v) is 11.9. The molecule has 1 amide bonds. The van der Waals surface area contributed by atoms with E-state index in [1.165, 1.54) is 11.3 Å². The quantitative estimate of drug-likeness (QED) is 0.495. The fourth-order valence-electron chi connectivity index (χ4n) is 1.60. The number of nitrogens with two attached hydrogens (primary N) is 2. The monoisotopic (exact) mass is 285 g/mol. The topological polar surface area (TPSA) is 107 Å². The van der Waals surface area contributed by atoms with Crippen LogP contribution in [0.25, 0.3) is 0 Å². The maximum atomic E-state index is 11.7. The van der Waals surface area contributed by atoms with Crippen LogP contribution in [0.4, 0.5) is 10.7 Å². The first kappa shape index (κ1) is 15.5. The van der Waals surface area contributed by atoms with Gasteiger partial charge in [0, 0.05) is 26.7 Å². The number of hydrogen-bond donors (Lipinski definition) is 3. The van der Waals surface area contributed by atoms with E-state index >= 15 is 0 Å². The van der Waals surface area contributed by atoms with Gasteiger partial charge >= 0.3 is 0 Å². The van der Waals surface area contributed by atoms with Crippen LogP contribution in [0.15, 0.2) is 0 Å². The maximum Gasteiger partial charge on any atom is 0.253 e. The average Bonchev–Trinajstić information content (AvgIpc) is 2.71. The van der Waals surface area contributed by atoms with Crippen LogP contribution in [0.2, 0.25) is 0 Å². The van der Waals surface area contributed by atoms with E-state index in [1.807, 2.05) is 0 Å². The Morgan fingerprint density at radius 3 is 2.63 bits per heavy atom. The summed E-state index contributed by atoms with van der Waals surface area (Å²) in [5.74, 6) is -0.715. The Bertz CT molecular complexity index is 471. The minimum Gasteiger partial charge on any atom is -0.397 e. The molecule has 6 nitrogen and oxygen atoms in total. The molecule has 0 atom stereocenters. The molecule has 1 aromatic heterocycles. The number of rotatable bonds is 8. The van der Waals surface area contributed by atoms with Gasteiger partial charge in [-0.3, -0.25) is 9.59 Å². The maximum absolute atomic E-state index is 11.7. The standard InChI is InChI=1S/C12H19N3O3S/c1-3-7(16)10-9(13)8(11(14)17)12(19-10)15-5-4-6-18-2/h15H,3-6,13H2,1-2H3,(H2,14,17). The predicted molar refractivity (Wildman–Crippen MR) is 76.9 cm³/mol. The number of methoxy groups -OCH3 is 1. The molecule has 0 fully saturated rings. The third kappa shape index (κ3) is 3.68. The van der Waals surface area contributed by atoms with Crippen molar-refractivity contribution in [1.29, 1.82) is 0 Å². The molecule has 19 heavy (non-hydrogen) atoms. The summed E-state index contributed by atoms with van der Waals surface area (Å²) in [6.07, 6.45) is 1.12. The molecule has 5 N–H and O–H groups in total. The van der Waals surface area contributed by atoms with Crippen LogP contribution in [-0.4, -0.2) is 32.0 Å². The van der Waals surface area contributed by atoms with Crippen LogP contribution < -0.4 is 16.8 Å². The normalized spacial score (nSPS) is 10.4. The van der Waals surface area contributed by atoms with Crippen molar-refractivity contribution in [2.45, 2.75) is 19.8 Å². The minimum absolute atomic E-state index is 0.0880. The molecule has 1 heterocycles. The van der Waals surface area contributed by atoms with Crippen LogP contribution >= 0.6 is 11.3 Å². The number of ether oxygens (including phenoxy) is 1. The summed E-state index contributed by atoms with van der Waals surface area (Å²) in [4.78, 5) is 23.6. The molecule has 7 heteroatoms. The van der Waals surface area contributed by atoms with Crippen molar-refractivity contribution in [2.75, 3.05) is 31.3 Å². The number of ketones is 1. The molecule has 1 aromatic rings. The molecule has 0 saturated heterocycles. The number of anilines is 2. The third-order valence-electron chi connectivity index (χ3n) is 2.58. The molecule has 0 unspecified atom stereocenters. The number of Topliss-reactive ketones (excluding diaryl/α,β-unsaturated/α-hetero) is 1. The predicted octanol–water partition coefficient (Wildman–Crippen LogP) is 1.47. The highest BCUT2D eigenvalue weighted by atomic mass is 32.1. The first-order valence-corrected chi connectivity index (χ1v) is 6.82. The van der Waals surface area contributed by atoms with Gasteiger partial charge in [0.2, 0.25) is 0 Å².